The van der Waals surface area contributed by atoms with Crippen LogP contribution < -0.4 is 14.8 Å². The van der Waals surface area contributed by atoms with Crippen LogP contribution in [0.1, 0.15) is 22.3 Å². The highest BCUT2D eigenvalue weighted by Gasteiger charge is 2.40. The smallest absolute Gasteiger partial charge is 0.307 e. The van der Waals surface area contributed by atoms with Gasteiger partial charge in [0.05, 0.1) is 33.7 Å². The number of carbonyl (C=O) groups is 1. The van der Waals surface area contributed by atoms with E-state index in [0.717, 1.165) is 50.5 Å². The molecule has 7 rings (SSSR count). The predicted molar refractivity (Wildman–Crippen MR) is 180 cm³/mol. The van der Waals surface area contributed by atoms with Gasteiger partial charge in [-0.2, -0.15) is 0 Å². The Balaban J connectivity index is 1.51. The third-order valence-electron chi connectivity index (χ3n) is 8.11. The summed E-state index contributed by atoms with van der Waals surface area (Å²) in [5, 5.41) is 5.65. The van der Waals surface area contributed by atoms with E-state index < -0.39 is 0 Å². The fraction of sp³-hybridized carbons (Fsp3) is 0.108. The highest BCUT2D eigenvalue weighted by atomic mass is 16.2. The van der Waals surface area contributed by atoms with E-state index in [1.807, 2.05) is 60.7 Å². The van der Waals surface area contributed by atoms with Gasteiger partial charge in [-0.3, -0.25) is 14.6 Å². The van der Waals surface area contributed by atoms with E-state index >= 15 is 0 Å². The Bertz CT molecular complexity index is 2020. The average molecular weight is 588 g/mol. The molecule has 0 radical (unpaired) electrons. The zero-order valence-corrected chi connectivity index (χ0v) is 25.4. The number of hydrazone groups is 1. The van der Waals surface area contributed by atoms with Crippen LogP contribution in [0.5, 0.6) is 0 Å². The Morgan fingerprint density at radius 2 is 1.13 bits per heavy atom. The molecule has 218 valence electrons. The number of benzene rings is 4. The Hall–Kier alpha value is -6.07. The van der Waals surface area contributed by atoms with Crippen LogP contribution in [-0.2, 0) is 4.79 Å². The third-order valence-corrected chi connectivity index (χ3v) is 8.11. The van der Waals surface area contributed by atoms with Gasteiger partial charge < -0.3 is 4.85 Å². The molecule has 2 aliphatic rings. The minimum atomic E-state index is -0.362. The lowest BCUT2D eigenvalue weighted by Gasteiger charge is -2.28. The molecule has 1 amide bonds. The van der Waals surface area contributed by atoms with Crippen LogP contribution in [0.3, 0.4) is 0 Å². The molecule has 5 aromatic rings. The summed E-state index contributed by atoms with van der Waals surface area (Å²) in [5.41, 5.74) is 8.58. The number of anilines is 5. The zero-order valence-electron chi connectivity index (χ0n) is 25.4. The number of amidine groups is 1. The summed E-state index contributed by atoms with van der Waals surface area (Å²) < 4.78 is 0. The van der Waals surface area contributed by atoms with Crippen LogP contribution in [-0.4, -0.2) is 21.7 Å². The number of allylic oxidation sites excluding steroid dienone is 2. The molecule has 0 unspecified atom stereocenters. The number of fused-ring (bicyclic) bond motifs is 2. The van der Waals surface area contributed by atoms with Crippen molar-refractivity contribution in [3.8, 4) is 0 Å². The minimum Gasteiger partial charge on any atom is -0.358 e. The van der Waals surface area contributed by atoms with Crippen molar-refractivity contribution >= 4 is 51.5 Å². The lowest BCUT2D eigenvalue weighted by atomic mass is 10.1. The maximum Gasteiger partial charge on any atom is 0.307 e. The Morgan fingerprint density at radius 3 is 1.62 bits per heavy atom. The predicted octanol–water partition coefficient (Wildman–Crippen LogP) is 8.20. The lowest BCUT2D eigenvalue weighted by molar-refractivity contribution is -0.114. The van der Waals surface area contributed by atoms with E-state index in [9.17, 15) is 4.79 Å². The molecule has 0 bridgehead atoms. The second-order valence-corrected chi connectivity index (χ2v) is 11.1. The third kappa shape index (κ3) is 4.53. The molecule has 0 aliphatic carbocycles. The van der Waals surface area contributed by atoms with Gasteiger partial charge in [-0.05, 0) is 85.4 Å². The van der Waals surface area contributed by atoms with Crippen LogP contribution in [0.2, 0.25) is 0 Å². The van der Waals surface area contributed by atoms with Crippen molar-refractivity contribution in [2.75, 3.05) is 14.8 Å². The van der Waals surface area contributed by atoms with Gasteiger partial charge in [-0.15, -0.1) is 5.01 Å². The number of hydrogen-bond donors (Lipinski definition) is 0. The summed E-state index contributed by atoms with van der Waals surface area (Å²) in [6.07, 6.45) is 3.58. The fourth-order valence-corrected chi connectivity index (χ4v) is 6.04. The molecule has 0 atom stereocenters. The molecule has 3 heterocycles. The summed E-state index contributed by atoms with van der Waals surface area (Å²) in [4.78, 5) is 31.9. The molecular weight excluding hydrogens is 558 g/mol. The molecular formula is C37H29N7O. The quantitative estimate of drug-likeness (QED) is 0.157. The topological polar surface area (TPSA) is 69.3 Å². The number of aryl methyl sites for hydroxylation is 4. The van der Waals surface area contributed by atoms with E-state index in [1.165, 1.54) is 5.01 Å². The van der Waals surface area contributed by atoms with Crippen molar-refractivity contribution in [2.24, 2.45) is 5.10 Å². The van der Waals surface area contributed by atoms with Crippen LogP contribution in [0, 0.1) is 34.3 Å². The van der Waals surface area contributed by atoms with Gasteiger partial charge in [0.1, 0.15) is 5.82 Å². The molecule has 45 heavy (non-hydrogen) atoms. The van der Waals surface area contributed by atoms with Crippen molar-refractivity contribution < 1.29 is 4.79 Å². The minimum absolute atomic E-state index is 0.0375. The second kappa shape index (κ2) is 10.9. The second-order valence-electron chi connectivity index (χ2n) is 11.1. The summed E-state index contributed by atoms with van der Waals surface area (Å²) >= 11 is 0. The van der Waals surface area contributed by atoms with Crippen molar-refractivity contribution in [3.63, 3.8) is 0 Å². The van der Waals surface area contributed by atoms with Crippen LogP contribution in [0.25, 0.3) is 15.9 Å². The molecule has 2 aliphatic heterocycles. The summed E-state index contributed by atoms with van der Waals surface area (Å²) in [7, 11) is 0. The van der Waals surface area contributed by atoms with Gasteiger partial charge in [-0.25, -0.2) is 9.97 Å². The SMILES string of the molecule is [C-]#[N+]C1=NN(c2ccccc2)C(=O)/C1=C\C=C1N(c2c(C)cccc2C)c2nc3ccccc3nc2N1c1c(C)cccc1C. The Labute approximate surface area is 261 Å². The number of rotatable bonds is 4. The number of amides is 1. The largest absolute Gasteiger partial charge is 0.358 e. The highest BCUT2D eigenvalue weighted by molar-refractivity contribution is 6.32. The molecule has 1 aromatic heterocycles. The van der Waals surface area contributed by atoms with Crippen LogP contribution in [0.4, 0.5) is 28.7 Å². The van der Waals surface area contributed by atoms with E-state index in [2.05, 4.69) is 71.7 Å². The summed E-state index contributed by atoms with van der Waals surface area (Å²) in [6, 6.07) is 29.4. The molecule has 0 N–H and O–H groups in total. The van der Waals surface area contributed by atoms with Crippen LogP contribution >= 0.6 is 0 Å². The monoisotopic (exact) mass is 587 g/mol. The summed E-state index contributed by atoms with van der Waals surface area (Å²) in [6.45, 7) is 16.1. The molecule has 0 spiro atoms. The number of carbonyl (C=O) groups excluding carboxylic acids is 1. The normalized spacial score (nSPS) is 15.1. The van der Waals surface area contributed by atoms with Gasteiger partial charge in [0.25, 0.3) is 5.91 Å². The Kier molecular flexibility index (Phi) is 6.71. The highest BCUT2D eigenvalue weighted by Crippen LogP contribution is 2.51. The van der Waals surface area contributed by atoms with Gasteiger partial charge in [0, 0.05) is 0 Å². The fourth-order valence-electron chi connectivity index (χ4n) is 6.04. The molecule has 0 saturated carbocycles. The number of aromatic nitrogens is 2. The van der Waals surface area contributed by atoms with Gasteiger partial charge in [0.2, 0.25) is 0 Å². The number of hydrogen-bond acceptors (Lipinski definition) is 6. The van der Waals surface area contributed by atoms with E-state index in [0.29, 0.717) is 17.3 Å². The Morgan fingerprint density at radius 1 is 0.644 bits per heavy atom. The number of para-hydroxylation sites is 5. The molecule has 4 aromatic carbocycles. The lowest BCUT2D eigenvalue weighted by Crippen LogP contribution is -2.24. The standard InChI is InChI=1S/C37H29N7O/c1-23-13-11-14-24(2)32(23)42-31(22-21-28-34(38-5)41-44(37(28)45)27-17-7-6-8-18-27)43(33-25(3)15-12-16-26(33)4)36-35(42)39-29-19-9-10-20-30(29)40-36/h6-22H,1-4H3/b28-21-. The van der Waals surface area contributed by atoms with Crippen molar-refractivity contribution in [1.29, 1.82) is 0 Å². The summed E-state index contributed by atoms with van der Waals surface area (Å²) in [5.74, 6) is 1.77. The molecule has 0 fully saturated rings. The van der Waals surface area contributed by atoms with Gasteiger partial charge in [-0.1, -0.05) is 79.4 Å². The first-order valence-corrected chi connectivity index (χ1v) is 14.6. The van der Waals surface area contributed by atoms with E-state index in [-0.39, 0.29) is 17.3 Å². The van der Waals surface area contributed by atoms with Gasteiger partial charge >= 0.3 is 5.84 Å². The first-order chi connectivity index (χ1) is 21.9. The van der Waals surface area contributed by atoms with E-state index in [4.69, 9.17) is 16.5 Å². The van der Waals surface area contributed by atoms with Crippen molar-refractivity contribution in [3.05, 3.63) is 148 Å². The molecule has 8 nitrogen and oxygen atoms in total. The zero-order chi connectivity index (χ0) is 31.2. The molecule has 0 saturated heterocycles. The van der Waals surface area contributed by atoms with Crippen molar-refractivity contribution in [1.82, 2.24) is 9.97 Å². The average Bonchev–Trinajstić information content (AvgIpc) is 3.52. The van der Waals surface area contributed by atoms with Crippen LogP contribution in [0.15, 0.2) is 120 Å². The first kappa shape index (κ1) is 27.7. The maximum absolute atomic E-state index is 13.7. The maximum atomic E-state index is 13.7. The van der Waals surface area contributed by atoms with Crippen molar-refractivity contribution in [2.45, 2.75) is 27.7 Å². The first-order valence-electron chi connectivity index (χ1n) is 14.6. The van der Waals surface area contributed by atoms with E-state index in [1.54, 1.807) is 18.2 Å². The van der Waals surface area contributed by atoms with Gasteiger partial charge in [0.15, 0.2) is 11.6 Å². The number of nitrogens with zero attached hydrogens (tertiary/aromatic N) is 7. The molecule has 8 heteroatoms.